The van der Waals surface area contributed by atoms with Crippen molar-refractivity contribution < 1.29 is 19.0 Å². The molecule has 1 saturated heterocycles. The molecule has 2 atom stereocenters. The number of hydrogen-bond acceptors (Lipinski definition) is 6. The lowest BCUT2D eigenvalue weighted by molar-refractivity contribution is -0.149. The van der Waals surface area contributed by atoms with Gasteiger partial charge >= 0.3 is 6.01 Å². The molecule has 1 aromatic carbocycles. The number of piperidine rings is 1. The summed E-state index contributed by atoms with van der Waals surface area (Å²) in [6, 6.07) is 7.10. The molecule has 2 bridgehead atoms. The Morgan fingerprint density at radius 1 is 1.18 bits per heavy atom. The number of rotatable bonds is 5. The van der Waals surface area contributed by atoms with Crippen LogP contribution in [0.2, 0.25) is 0 Å². The fourth-order valence-corrected chi connectivity index (χ4v) is 4.86. The molecule has 2 aliphatic rings. The molecule has 28 heavy (non-hydrogen) atoms. The normalized spacial score (nSPS) is 27.4. The third kappa shape index (κ3) is 3.22. The smallest absolute Gasteiger partial charge is 0.319 e. The van der Waals surface area contributed by atoms with Crippen molar-refractivity contribution in [3.05, 3.63) is 47.4 Å². The largest absolute Gasteiger partial charge is 0.481 e. The van der Waals surface area contributed by atoms with Gasteiger partial charge in [0.05, 0.1) is 19.8 Å². The SMILES string of the molecule is COc1ncc(C2(O)[C@@H]3CCC[C@@H]2CN(Cc2ccccc2F)C3)c(OC)n1. The highest BCUT2D eigenvalue weighted by Crippen LogP contribution is 2.51. The number of aromatic nitrogens is 2. The van der Waals surface area contributed by atoms with Gasteiger partial charge in [-0.1, -0.05) is 24.6 Å². The summed E-state index contributed by atoms with van der Waals surface area (Å²) in [5.41, 5.74) is 0.258. The van der Waals surface area contributed by atoms with Crippen LogP contribution >= 0.6 is 0 Å². The zero-order valence-corrected chi connectivity index (χ0v) is 16.3. The number of hydrogen-bond donors (Lipinski definition) is 1. The number of ether oxygens (including phenoxy) is 2. The molecule has 0 spiro atoms. The molecule has 2 aromatic rings. The summed E-state index contributed by atoms with van der Waals surface area (Å²) >= 11 is 0. The number of benzene rings is 1. The molecular formula is C21H26FN3O3. The average molecular weight is 387 g/mol. The lowest BCUT2D eigenvalue weighted by Crippen LogP contribution is -2.58. The van der Waals surface area contributed by atoms with E-state index in [2.05, 4.69) is 14.9 Å². The molecule has 2 fully saturated rings. The Kier molecular flexibility index (Phi) is 5.21. The Balaban J connectivity index is 1.63. The lowest BCUT2D eigenvalue weighted by Gasteiger charge is -2.53. The van der Waals surface area contributed by atoms with E-state index in [4.69, 9.17) is 9.47 Å². The maximum atomic E-state index is 14.1. The second-order valence-corrected chi connectivity index (χ2v) is 7.72. The van der Waals surface area contributed by atoms with Crippen molar-refractivity contribution in [2.45, 2.75) is 31.4 Å². The topological polar surface area (TPSA) is 67.7 Å². The predicted molar refractivity (Wildman–Crippen MR) is 102 cm³/mol. The molecule has 1 saturated carbocycles. The van der Waals surface area contributed by atoms with Gasteiger partial charge < -0.3 is 14.6 Å². The Morgan fingerprint density at radius 3 is 2.54 bits per heavy atom. The van der Waals surface area contributed by atoms with Crippen LogP contribution in [0.1, 0.15) is 30.4 Å². The molecular weight excluding hydrogens is 361 g/mol. The summed E-state index contributed by atoms with van der Waals surface area (Å²) in [5, 5.41) is 11.8. The molecule has 2 heterocycles. The monoisotopic (exact) mass is 387 g/mol. The van der Waals surface area contributed by atoms with Crippen LogP contribution in [-0.4, -0.2) is 47.3 Å². The van der Waals surface area contributed by atoms with Gasteiger partial charge in [0.25, 0.3) is 0 Å². The fourth-order valence-electron chi connectivity index (χ4n) is 4.86. The van der Waals surface area contributed by atoms with Crippen LogP contribution in [0.5, 0.6) is 11.9 Å². The molecule has 7 heteroatoms. The van der Waals surface area contributed by atoms with Crippen LogP contribution in [-0.2, 0) is 12.1 Å². The number of fused-ring (bicyclic) bond motifs is 2. The van der Waals surface area contributed by atoms with Crippen molar-refractivity contribution in [3.8, 4) is 11.9 Å². The average Bonchev–Trinajstić information content (AvgIpc) is 2.70. The van der Waals surface area contributed by atoms with Crippen LogP contribution in [0, 0.1) is 17.7 Å². The number of nitrogens with zero attached hydrogens (tertiary/aromatic N) is 3. The highest BCUT2D eigenvalue weighted by atomic mass is 19.1. The van der Waals surface area contributed by atoms with Crippen molar-refractivity contribution in [2.75, 3.05) is 27.3 Å². The lowest BCUT2D eigenvalue weighted by atomic mass is 9.63. The number of likely N-dealkylation sites (tertiary alicyclic amines) is 1. The molecule has 1 aliphatic carbocycles. The maximum absolute atomic E-state index is 14.1. The first-order valence-corrected chi connectivity index (χ1v) is 9.69. The van der Waals surface area contributed by atoms with Crippen molar-refractivity contribution in [1.29, 1.82) is 0 Å². The van der Waals surface area contributed by atoms with Crippen molar-refractivity contribution >= 4 is 0 Å². The van der Waals surface area contributed by atoms with E-state index in [0.29, 0.717) is 36.6 Å². The molecule has 0 radical (unpaired) electrons. The van der Waals surface area contributed by atoms with Crippen LogP contribution in [0.25, 0.3) is 0 Å². The third-order valence-corrected chi connectivity index (χ3v) is 6.20. The first-order valence-electron chi connectivity index (χ1n) is 9.69. The Labute approximate surface area is 164 Å². The van der Waals surface area contributed by atoms with Gasteiger partial charge in [0.2, 0.25) is 5.88 Å². The summed E-state index contributed by atoms with van der Waals surface area (Å²) in [6.45, 7) is 1.93. The number of methoxy groups -OCH3 is 2. The minimum absolute atomic E-state index is 0.0117. The third-order valence-electron chi connectivity index (χ3n) is 6.20. The summed E-state index contributed by atoms with van der Waals surface area (Å²) in [7, 11) is 3.04. The zero-order valence-electron chi connectivity index (χ0n) is 16.3. The van der Waals surface area contributed by atoms with Gasteiger partial charge in [-0.15, -0.1) is 0 Å². The standard InChI is InChI=1S/C21H26FN3O3/c1-27-19-17(10-23-20(24-19)28-2)21(26)15-7-5-8-16(21)13-25(12-15)11-14-6-3-4-9-18(14)22/h3-4,6,9-10,15-16,26H,5,7-8,11-13H2,1-2H3/t15-,16-/m1/s1. The Morgan fingerprint density at radius 2 is 1.89 bits per heavy atom. The Bertz CT molecular complexity index is 833. The summed E-state index contributed by atoms with van der Waals surface area (Å²) < 4.78 is 24.6. The number of aliphatic hydroxyl groups is 1. The first-order chi connectivity index (χ1) is 13.6. The van der Waals surface area contributed by atoms with Gasteiger partial charge in [-0.05, 0) is 18.9 Å². The van der Waals surface area contributed by atoms with Crippen LogP contribution in [0.3, 0.4) is 0 Å². The van der Waals surface area contributed by atoms with E-state index >= 15 is 0 Å². The van der Waals surface area contributed by atoms with Crippen LogP contribution < -0.4 is 9.47 Å². The van der Waals surface area contributed by atoms with E-state index in [1.165, 1.54) is 20.3 Å². The second kappa shape index (κ2) is 7.64. The van der Waals surface area contributed by atoms with Gasteiger partial charge in [-0.2, -0.15) is 4.98 Å². The van der Waals surface area contributed by atoms with E-state index < -0.39 is 5.60 Å². The fraction of sp³-hybridized carbons (Fsp3) is 0.524. The van der Waals surface area contributed by atoms with E-state index in [9.17, 15) is 9.50 Å². The van der Waals surface area contributed by atoms with E-state index in [0.717, 1.165) is 19.3 Å². The molecule has 1 aliphatic heterocycles. The van der Waals surface area contributed by atoms with Crippen molar-refractivity contribution in [3.63, 3.8) is 0 Å². The highest BCUT2D eigenvalue weighted by molar-refractivity contribution is 5.34. The van der Waals surface area contributed by atoms with Gasteiger partial charge in [0, 0.05) is 43.2 Å². The van der Waals surface area contributed by atoms with E-state index in [1.54, 1.807) is 12.3 Å². The first kappa shape index (κ1) is 19.1. The minimum atomic E-state index is -1.05. The quantitative estimate of drug-likeness (QED) is 0.851. The van der Waals surface area contributed by atoms with Crippen LogP contribution in [0.4, 0.5) is 4.39 Å². The van der Waals surface area contributed by atoms with E-state index in [-0.39, 0.29) is 23.7 Å². The van der Waals surface area contributed by atoms with Crippen LogP contribution in [0.15, 0.2) is 30.5 Å². The van der Waals surface area contributed by atoms with E-state index in [1.807, 2.05) is 12.1 Å². The maximum Gasteiger partial charge on any atom is 0.319 e. The molecule has 0 unspecified atom stereocenters. The minimum Gasteiger partial charge on any atom is -0.481 e. The zero-order chi connectivity index (χ0) is 19.7. The number of halogens is 1. The summed E-state index contributed by atoms with van der Waals surface area (Å²) in [4.78, 5) is 10.7. The summed E-state index contributed by atoms with van der Waals surface area (Å²) in [5.74, 6) is 0.197. The highest BCUT2D eigenvalue weighted by Gasteiger charge is 2.53. The molecule has 6 nitrogen and oxygen atoms in total. The molecule has 4 rings (SSSR count). The molecule has 1 N–H and O–H groups in total. The van der Waals surface area contributed by atoms with Crippen molar-refractivity contribution in [2.24, 2.45) is 11.8 Å². The molecule has 150 valence electrons. The van der Waals surface area contributed by atoms with Gasteiger partial charge in [0.1, 0.15) is 11.4 Å². The van der Waals surface area contributed by atoms with Gasteiger partial charge in [-0.25, -0.2) is 9.37 Å². The molecule has 0 amide bonds. The Hall–Kier alpha value is -2.25. The van der Waals surface area contributed by atoms with Gasteiger partial charge in [0.15, 0.2) is 0 Å². The molecule has 1 aromatic heterocycles. The summed E-state index contributed by atoms with van der Waals surface area (Å²) in [6.07, 6.45) is 4.50. The second-order valence-electron chi connectivity index (χ2n) is 7.72. The van der Waals surface area contributed by atoms with Crippen molar-refractivity contribution in [1.82, 2.24) is 14.9 Å². The predicted octanol–water partition coefficient (Wildman–Crippen LogP) is 2.75. The van der Waals surface area contributed by atoms with Gasteiger partial charge in [-0.3, -0.25) is 4.90 Å².